The highest BCUT2D eigenvalue weighted by Crippen LogP contribution is 2.62. The maximum Gasteiger partial charge on any atom is 0.137 e. The quantitative estimate of drug-likeness (QED) is 0.112. The van der Waals surface area contributed by atoms with Gasteiger partial charge in [0.05, 0.1) is 16.1 Å². The lowest BCUT2D eigenvalue weighted by atomic mass is 9.90. The molecule has 11 aromatic carbocycles. The van der Waals surface area contributed by atoms with E-state index in [1.54, 1.807) is 0 Å². The van der Waals surface area contributed by atoms with Crippen molar-refractivity contribution in [3.63, 3.8) is 0 Å². The van der Waals surface area contributed by atoms with E-state index in [1.165, 1.54) is 54.6 Å². The number of benzene rings is 11. The summed E-state index contributed by atoms with van der Waals surface area (Å²) in [5, 5.41) is 12.3. The van der Waals surface area contributed by atoms with Crippen molar-refractivity contribution in [2.45, 2.75) is 43.9 Å². The summed E-state index contributed by atoms with van der Waals surface area (Å²) in [5.41, 5.74) is 16.0. The second kappa shape index (κ2) is 15.9. The maximum absolute atomic E-state index is 6.50. The number of rotatable bonds is 8. The Morgan fingerprint density at radius 2 is 0.753 bits per heavy atom. The van der Waals surface area contributed by atoms with Crippen molar-refractivity contribution in [1.82, 2.24) is 0 Å². The first-order valence-electron chi connectivity index (χ1n) is 25.6. The van der Waals surface area contributed by atoms with Crippen molar-refractivity contribution in [1.29, 1.82) is 0 Å². The molecule has 0 bridgehead atoms. The first kappa shape index (κ1) is 43.6. The fourth-order valence-corrected chi connectivity index (χ4v) is 26.6. The van der Waals surface area contributed by atoms with Crippen molar-refractivity contribution < 1.29 is 8.83 Å². The molecule has 0 unspecified atom stereocenters. The Kier molecular flexibility index (Phi) is 9.51. The van der Waals surface area contributed by atoms with Crippen LogP contribution in [0.4, 0.5) is 34.1 Å². The van der Waals surface area contributed by atoms with Gasteiger partial charge < -0.3 is 18.6 Å². The molecule has 0 saturated heterocycles. The highest BCUT2D eigenvalue weighted by molar-refractivity contribution is 7.00. The lowest BCUT2D eigenvalue weighted by Crippen LogP contribution is -2.63. The van der Waals surface area contributed by atoms with Gasteiger partial charge in [0.1, 0.15) is 22.3 Å². The summed E-state index contributed by atoms with van der Waals surface area (Å²) >= 11 is 0. The van der Waals surface area contributed by atoms with Gasteiger partial charge in [0.25, 0.3) is 0 Å². The van der Waals surface area contributed by atoms with Crippen molar-refractivity contribution >= 4 is 126 Å². The number of fused-ring (bicyclic) bond motifs is 15. The van der Waals surface area contributed by atoms with Crippen LogP contribution in [-0.2, 0) is 4.66 Å². The zero-order valence-corrected chi connectivity index (χ0v) is 44.0. The van der Waals surface area contributed by atoms with Crippen LogP contribution in [0.5, 0.6) is 0 Å². The molecule has 1 aliphatic rings. The zero-order chi connectivity index (χ0) is 49.4. The molecule has 0 saturated carbocycles. The van der Waals surface area contributed by atoms with Gasteiger partial charge in [-0.2, -0.15) is 0 Å². The third-order valence-electron chi connectivity index (χ3n) is 16.1. The fraction of sp³-hybridized carbons (Fsp3) is 0.104. The van der Waals surface area contributed by atoms with Crippen LogP contribution in [-0.4, -0.2) is 16.1 Å². The molecule has 0 radical (unpaired) electrons. The molecule has 0 spiro atoms. The standard InChI is InChI=1S/C67H54N2O2Si2/c1-72(2,3)67(73(4,5)6)60-39-44-37-47(68(45-19-9-7-10-20-45)49-31-34-54-52-24-15-17-27-61(52)70-63(54)41-49)30-29-43(44)38-59(60)65-56-26-14-13-23-51(56)58-40-48(33-36-57(58)66(65)67)69(46-21-11-8-12-22-46)50-32-35-55-53-25-16-18-28-62(53)71-64(55)42-50/h7-42H,1-6H3. The topological polar surface area (TPSA) is 32.8 Å². The number of anilines is 6. The Bertz CT molecular complexity index is 4360. The van der Waals surface area contributed by atoms with Gasteiger partial charge in [-0.1, -0.05) is 155 Å². The minimum atomic E-state index is -2.15. The molecule has 2 aromatic heterocycles. The van der Waals surface area contributed by atoms with Gasteiger partial charge in [-0.05, 0) is 146 Å². The van der Waals surface area contributed by atoms with E-state index in [1.807, 2.05) is 12.1 Å². The monoisotopic (exact) mass is 974 g/mol. The summed E-state index contributed by atoms with van der Waals surface area (Å²) in [6, 6.07) is 80.3. The summed E-state index contributed by atoms with van der Waals surface area (Å²) < 4.78 is 12.8. The summed E-state index contributed by atoms with van der Waals surface area (Å²) in [6.07, 6.45) is 0. The van der Waals surface area contributed by atoms with E-state index in [4.69, 9.17) is 8.83 Å². The van der Waals surface area contributed by atoms with E-state index < -0.39 is 16.1 Å². The third kappa shape index (κ3) is 6.43. The van der Waals surface area contributed by atoms with E-state index in [9.17, 15) is 0 Å². The molecule has 2 heterocycles. The van der Waals surface area contributed by atoms with Crippen LogP contribution in [0, 0.1) is 0 Å². The Labute approximate surface area is 427 Å². The first-order valence-corrected chi connectivity index (χ1v) is 32.6. The normalized spacial score (nSPS) is 13.5. The van der Waals surface area contributed by atoms with E-state index >= 15 is 0 Å². The van der Waals surface area contributed by atoms with Gasteiger partial charge in [-0.25, -0.2) is 0 Å². The van der Waals surface area contributed by atoms with E-state index in [2.05, 4.69) is 255 Å². The molecule has 352 valence electrons. The average molecular weight is 975 g/mol. The molecule has 6 heteroatoms. The van der Waals surface area contributed by atoms with E-state index in [-0.39, 0.29) is 4.66 Å². The molecular weight excluding hydrogens is 921 g/mol. The molecule has 0 fully saturated rings. The van der Waals surface area contributed by atoms with Crippen molar-refractivity contribution in [2.24, 2.45) is 0 Å². The lowest BCUT2D eigenvalue weighted by Gasteiger charge is -2.51. The number of hydrogen-bond acceptors (Lipinski definition) is 4. The van der Waals surface area contributed by atoms with Gasteiger partial charge >= 0.3 is 0 Å². The Hall–Kier alpha value is -8.17. The minimum Gasteiger partial charge on any atom is -0.456 e. The van der Waals surface area contributed by atoms with Gasteiger partial charge in [-0.3, -0.25) is 0 Å². The maximum atomic E-state index is 6.50. The van der Waals surface area contributed by atoms with Crippen LogP contribution in [0.3, 0.4) is 0 Å². The van der Waals surface area contributed by atoms with Crippen molar-refractivity contribution in [2.75, 3.05) is 9.80 Å². The van der Waals surface area contributed by atoms with Gasteiger partial charge in [0, 0.05) is 72.5 Å². The highest BCUT2D eigenvalue weighted by Gasteiger charge is 2.60. The molecule has 73 heavy (non-hydrogen) atoms. The van der Waals surface area contributed by atoms with Crippen LogP contribution >= 0.6 is 0 Å². The van der Waals surface area contributed by atoms with Gasteiger partial charge in [0.15, 0.2) is 0 Å². The van der Waals surface area contributed by atoms with Crippen molar-refractivity contribution in [3.05, 3.63) is 230 Å². The van der Waals surface area contributed by atoms with Crippen LogP contribution in [0.15, 0.2) is 227 Å². The molecule has 0 N–H and O–H groups in total. The summed E-state index contributed by atoms with van der Waals surface area (Å²) in [4.78, 5) is 4.77. The molecule has 14 rings (SSSR count). The smallest absolute Gasteiger partial charge is 0.137 e. The first-order chi connectivity index (χ1) is 35.5. The number of hydrogen-bond donors (Lipinski definition) is 0. The van der Waals surface area contributed by atoms with E-state index in [0.29, 0.717) is 0 Å². The molecule has 13 aromatic rings. The highest BCUT2D eigenvalue weighted by atomic mass is 28.4. The Morgan fingerprint density at radius 3 is 1.30 bits per heavy atom. The van der Waals surface area contributed by atoms with Gasteiger partial charge in [0.2, 0.25) is 0 Å². The van der Waals surface area contributed by atoms with E-state index in [0.717, 1.165) is 78.0 Å². The zero-order valence-electron chi connectivity index (χ0n) is 42.0. The van der Waals surface area contributed by atoms with Crippen LogP contribution in [0.1, 0.15) is 11.1 Å². The fourth-order valence-electron chi connectivity index (χ4n) is 13.5. The molecule has 0 amide bonds. The summed E-state index contributed by atoms with van der Waals surface area (Å²) in [6.45, 7) is 15.8. The Balaban J connectivity index is 0.987. The number of para-hydroxylation sites is 4. The van der Waals surface area contributed by atoms with Crippen molar-refractivity contribution in [3.8, 4) is 11.1 Å². The Morgan fingerprint density at radius 1 is 0.315 bits per heavy atom. The second-order valence-electron chi connectivity index (χ2n) is 22.1. The van der Waals surface area contributed by atoms with Crippen LogP contribution in [0.2, 0.25) is 39.3 Å². The number of furan rings is 2. The predicted octanol–water partition coefficient (Wildman–Crippen LogP) is 19.9. The van der Waals surface area contributed by atoms with Crippen LogP contribution < -0.4 is 9.80 Å². The molecule has 1 aliphatic carbocycles. The number of nitrogens with zero attached hydrogens (tertiary/aromatic N) is 2. The average Bonchev–Trinajstić information content (AvgIpc) is 4.07. The molecular formula is C67H54N2O2Si2. The molecule has 0 atom stereocenters. The summed E-state index contributed by atoms with van der Waals surface area (Å²) in [5.74, 6) is 0. The molecule has 0 aliphatic heterocycles. The van der Waals surface area contributed by atoms with Crippen LogP contribution in [0.25, 0.3) is 87.3 Å². The predicted molar refractivity (Wildman–Crippen MR) is 316 cm³/mol. The largest absolute Gasteiger partial charge is 0.456 e. The molecule has 4 nitrogen and oxygen atoms in total. The SMILES string of the molecule is C[Si](C)(C)C1([Si](C)(C)C)c2cc3cc(N(c4ccccc4)c4ccc5c(c4)oc4ccccc45)ccc3cc2-c2c1c1ccc(N(c3ccccc3)c3ccc4c(c3)oc3ccccc34)cc1c1ccccc21. The minimum absolute atomic E-state index is 0.129. The summed E-state index contributed by atoms with van der Waals surface area (Å²) in [7, 11) is -4.29. The lowest BCUT2D eigenvalue weighted by molar-refractivity contribution is 0.668. The third-order valence-corrected chi connectivity index (χ3v) is 26.1. The second-order valence-corrected chi connectivity index (χ2v) is 33.1. The van der Waals surface area contributed by atoms with Gasteiger partial charge in [-0.15, -0.1) is 0 Å².